The van der Waals surface area contributed by atoms with Crippen molar-refractivity contribution in [3.8, 4) is 6.01 Å². The van der Waals surface area contributed by atoms with Crippen LogP contribution in [-0.2, 0) is 11.2 Å². The first-order chi connectivity index (χ1) is 11.7. The van der Waals surface area contributed by atoms with Crippen molar-refractivity contribution < 1.29 is 9.53 Å². The van der Waals surface area contributed by atoms with Crippen LogP contribution in [0.25, 0.3) is 0 Å². The number of carbonyl (C=O) groups is 1. The van der Waals surface area contributed by atoms with Crippen LogP contribution in [0.4, 0.5) is 0 Å². The van der Waals surface area contributed by atoms with Gasteiger partial charge < -0.3 is 9.64 Å². The summed E-state index contributed by atoms with van der Waals surface area (Å²) in [5.74, 6) is 0.150. The van der Waals surface area contributed by atoms with Gasteiger partial charge in [0.05, 0.1) is 6.54 Å². The molecule has 5 nitrogen and oxygen atoms in total. The monoisotopic (exact) mass is 345 g/mol. The number of hydrogen-bond donors (Lipinski definition) is 0. The van der Waals surface area contributed by atoms with Crippen LogP contribution >= 0.6 is 11.6 Å². The number of rotatable bonds is 5. The summed E-state index contributed by atoms with van der Waals surface area (Å²) in [6, 6.07) is 9.77. The van der Waals surface area contributed by atoms with Crippen molar-refractivity contribution in [1.82, 2.24) is 14.9 Å². The summed E-state index contributed by atoms with van der Waals surface area (Å²) in [4.78, 5) is 22.5. The van der Waals surface area contributed by atoms with E-state index in [9.17, 15) is 4.79 Å². The molecule has 3 rings (SSSR count). The molecule has 1 aromatic heterocycles. The molecule has 0 N–H and O–H groups in total. The first-order valence-electron chi connectivity index (χ1n) is 8.16. The van der Waals surface area contributed by atoms with E-state index in [-0.39, 0.29) is 12.0 Å². The van der Waals surface area contributed by atoms with Crippen LogP contribution in [0.1, 0.15) is 24.8 Å². The molecule has 0 spiro atoms. The number of ether oxygens (including phenoxy) is 1. The summed E-state index contributed by atoms with van der Waals surface area (Å²) < 4.78 is 5.78. The van der Waals surface area contributed by atoms with Crippen molar-refractivity contribution >= 4 is 17.5 Å². The van der Waals surface area contributed by atoms with Crippen molar-refractivity contribution in [2.45, 2.75) is 31.8 Å². The van der Waals surface area contributed by atoms with Crippen LogP contribution in [0.15, 0.2) is 42.7 Å². The van der Waals surface area contributed by atoms with E-state index in [1.165, 1.54) is 0 Å². The van der Waals surface area contributed by atoms with Gasteiger partial charge in [-0.1, -0.05) is 23.7 Å². The number of halogens is 1. The van der Waals surface area contributed by atoms with Gasteiger partial charge in [-0.2, -0.15) is 0 Å². The minimum absolute atomic E-state index is 0.0451. The third-order valence-corrected chi connectivity index (χ3v) is 4.30. The summed E-state index contributed by atoms with van der Waals surface area (Å²) in [6.07, 6.45) is 6.28. The third-order valence-electron chi connectivity index (χ3n) is 4.06. The molecule has 1 aromatic carbocycles. The Labute approximate surface area is 146 Å². The topological polar surface area (TPSA) is 55.3 Å². The summed E-state index contributed by atoms with van der Waals surface area (Å²) in [5, 5.41) is 0.703. The average molecular weight is 346 g/mol. The lowest BCUT2D eigenvalue weighted by atomic mass is 10.1. The van der Waals surface area contributed by atoms with E-state index in [0.717, 1.165) is 24.9 Å². The molecule has 24 heavy (non-hydrogen) atoms. The predicted molar refractivity (Wildman–Crippen MR) is 92.0 cm³/mol. The molecule has 6 heteroatoms. The molecule has 126 valence electrons. The van der Waals surface area contributed by atoms with Gasteiger partial charge in [0.1, 0.15) is 6.10 Å². The quantitative estimate of drug-likeness (QED) is 0.835. The number of nitrogens with zero attached hydrogens (tertiary/aromatic N) is 3. The van der Waals surface area contributed by atoms with Gasteiger partial charge in [0.25, 0.3) is 0 Å². The fourth-order valence-corrected chi connectivity index (χ4v) is 3.07. The van der Waals surface area contributed by atoms with E-state index < -0.39 is 0 Å². The van der Waals surface area contributed by atoms with Crippen LogP contribution in [0, 0.1) is 0 Å². The molecule has 0 aliphatic carbocycles. The number of aryl methyl sites for hydroxylation is 1. The largest absolute Gasteiger partial charge is 0.458 e. The highest BCUT2D eigenvalue weighted by molar-refractivity contribution is 6.30. The van der Waals surface area contributed by atoms with Crippen molar-refractivity contribution in [3.05, 3.63) is 53.3 Å². The molecule has 1 amide bonds. The Hall–Kier alpha value is -2.14. The zero-order valence-corrected chi connectivity index (χ0v) is 14.2. The number of piperidine rings is 1. The van der Waals surface area contributed by atoms with Crippen molar-refractivity contribution in [2.75, 3.05) is 13.1 Å². The van der Waals surface area contributed by atoms with Gasteiger partial charge in [-0.05, 0) is 43.0 Å². The molecule has 2 aromatic rings. The smallest absolute Gasteiger partial charge is 0.316 e. The van der Waals surface area contributed by atoms with E-state index in [0.29, 0.717) is 30.4 Å². The zero-order chi connectivity index (χ0) is 16.8. The fraction of sp³-hybridized carbons (Fsp3) is 0.389. The standard InChI is InChI=1S/C18H20ClN3O2/c19-15-5-1-4-14(12-15)7-8-17(23)22-11-2-6-16(13-22)24-18-20-9-3-10-21-18/h1,3-5,9-10,12,16H,2,6-8,11,13H2. The van der Waals surface area contributed by atoms with Crippen LogP contribution in [-0.4, -0.2) is 40.0 Å². The van der Waals surface area contributed by atoms with Crippen LogP contribution in [0.3, 0.4) is 0 Å². The van der Waals surface area contributed by atoms with E-state index in [1.54, 1.807) is 18.5 Å². The average Bonchev–Trinajstić information content (AvgIpc) is 2.61. The fourth-order valence-electron chi connectivity index (χ4n) is 2.86. The lowest BCUT2D eigenvalue weighted by Gasteiger charge is -2.32. The Morgan fingerprint density at radius 1 is 1.29 bits per heavy atom. The van der Waals surface area contributed by atoms with E-state index in [4.69, 9.17) is 16.3 Å². The molecule has 1 unspecified atom stereocenters. The Morgan fingerprint density at radius 3 is 2.92 bits per heavy atom. The molecule has 2 heterocycles. The van der Waals surface area contributed by atoms with E-state index >= 15 is 0 Å². The second-order valence-electron chi connectivity index (χ2n) is 5.88. The van der Waals surface area contributed by atoms with Gasteiger partial charge in [0.15, 0.2) is 0 Å². The van der Waals surface area contributed by atoms with Gasteiger partial charge in [-0.25, -0.2) is 9.97 Å². The molecule has 1 atom stereocenters. The first kappa shape index (κ1) is 16.7. The van der Waals surface area contributed by atoms with Gasteiger partial charge in [0.2, 0.25) is 5.91 Å². The summed E-state index contributed by atoms with van der Waals surface area (Å²) >= 11 is 5.98. The minimum atomic E-state index is -0.0451. The molecule has 1 aliphatic heterocycles. The molecule has 1 aliphatic rings. The highest BCUT2D eigenvalue weighted by Crippen LogP contribution is 2.17. The SMILES string of the molecule is O=C(CCc1cccc(Cl)c1)N1CCCC(Oc2ncccn2)C1. The Morgan fingerprint density at radius 2 is 2.12 bits per heavy atom. The molecule has 0 bridgehead atoms. The summed E-state index contributed by atoms with van der Waals surface area (Å²) in [6.45, 7) is 1.37. The third kappa shape index (κ3) is 4.68. The minimum Gasteiger partial charge on any atom is -0.458 e. The lowest BCUT2D eigenvalue weighted by molar-refractivity contribution is -0.133. The van der Waals surface area contributed by atoms with Gasteiger partial charge in [-0.15, -0.1) is 0 Å². The number of aromatic nitrogens is 2. The molecular weight excluding hydrogens is 326 g/mol. The summed E-state index contributed by atoms with van der Waals surface area (Å²) in [7, 11) is 0. The molecular formula is C18H20ClN3O2. The highest BCUT2D eigenvalue weighted by Gasteiger charge is 2.25. The van der Waals surface area contributed by atoms with Crippen molar-refractivity contribution in [1.29, 1.82) is 0 Å². The van der Waals surface area contributed by atoms with E-state index in [1.807, 2.05) is 29.2 Å². The Bertz CT molecular complexity index is 681. The number of amides is 1. The second kappa shape index (κ2) is 8.11. The predicted octanol–water partition coefficient (Wildman–Crippen LogP) is 3.13. The van der Waals surface area contributed by atoms with Gasteiger partial charge in [-0.3, -0.25) is 4.79 Å². The van der Waals surface area contributed by atoms with Gasteiger partial charge >= 0.3 is 6.01 Å². The lowest BCUT2D eigenvalue weighted by Crippen LogP contribution is -2.44. The second-order valence-corrected chi connectivity index (χ2v) is 6.32. The van der Waals surface area contributed by atoms with Crippen LogP contribution in [0.5, 0.6) is 6.01 Å². The highest BCUT2D eigenvalue weighted by atomic mass is 35.5. The van der Waals surface area contributed by atoms with E-state index in [2.05, 4.69) is 9.97 Å². The maximum atomic E-state index is 12.5. The van der Waals surface area contributed by atoms with Crippen molar-refractivity contribution in [2.24, 2.45) is 0 Å². The summed E-state index contributed by atoms with van der Waals surface area (Å²) in [5.41, 5.74) is 1.08. The number of likely N-dealkylation sites (tertiary alicyclic amines) is 1. The zero-order valence-electron chi connectivity index (χ0n) is 13.4. The maximum absolute atomic E-state index is 12.5. The molecule has 0 saturated carbocycles. The number of hydrogen-bond acceptors (Lipinski definition) is 4. The maximum Gasteiger partial charge on any atom is 0.316 e. The van der Waals surface area contributed by atoms with Crippen LogP contribution in [0.2, 0.25) is 5.02 Å². The normalized spacial score (nSPS) is 17.5. The molecule has 1 fully saturated rings. The van der Waals surface area contributed by atoms with Gasteiger partial charge in [0, 0.05) is 30.4 Å². The first-order valence-corrected chi connectivity index (χ1v) is 8.54. The van der Waals surface area contributed by atoms with Crippen LogP contribution < -0.4 is 4.74 Å². The molecule has 1 saturated heterocycles. The van der Waals surface area contributed by atoms with Crippen molar-refractivity contribution in [3.63, 3.8) is 0 Å². The number of carbonyl (C=O) groups excluding carboxylic acids is 1. The molecule has 0 radical (unpaired) electrons. The Kier molecular flexibility index (Phi) is 5.64. The Balaban J connectivity index is 1.51. The number of benzene rings is 1.